The molecule has 0 amide bonds. The van der Waals surface area contributed by atoms with Crippen molar-refractivity contribution in [3.05, 3.63) is 61.1 Å². The van der Waals surface area contributed by atoms with Gasteiger partial charge in [-0.05, 0) is 30.5 Å². The molecule has 3 aromatic heterocycles. The van der Waals surface area contributed by atoms with Gasteiger partial charge in [0.2, 0.25) is 0 Å². The van der Waals surface area contributed by atoms with Gasteiger partial charge >= 0.3 is 0 Å². The molecule has 0 saturated heterocycles. The summed E-state index contributed by atoms with van der Waals surface area (Å²) in [6.07, 6.45) is 10.5. The summed E-state index contributed by atoms with van der Waals surface area (Å²) in [7, 11) is -3.42. The lowest BCUT2D eigenvalue weighted by Crippen LogP contribution is -2.39. The fourth-order valence-electron chi connectivity index (χ4n) is 4.50. The quantitative estimate of drug-likeness (QED) is 0.432. The second-order valence-electron chi connectivity index (χ2n) is 8.99. The van der Waals surface area contributed by atoms with Crippen molar-refractivity contribution in [2.45, 2.75) is 42.6 Å². The van der Waals surface area contributed by atoms with Crippen LogP contribution in [-0.4, -0.2) is 51.5 Å². The zero-order chi connectivity index (χ0) is 23.8. The summed E-state index contributed by atoms with van der Waals surface area (Å²) in [6.45, 7) is 0.375. The zero-order valence-electron chi connectivity index (χ0n) is 19.0. The Hall–Kier alpha value is -3.30. The molecule has 8 nitrogen and oxygen atoms in total. The molecule has 1 saturated carbocycles. The minimum Gasteiger partial charge on any atom is -0.388 e. The number of hydrogen-bond acceptors (Lipinski definition) is 7. The van der Waals surface area contributed by atoms with E-state index in [-0.39, 0.29) is 4.90 Å². The maximum Gasteiger partial charge on any atom is 0.183 e. The van der Waals surface area contributed by atoms with Gasteiger partial charge in [0.15, 0.2) is 21.5 Å². The molecular formula is C25H27N5O3S. The normalized spacial score (nSPS) is 15.9. The molecule has 5 rings (SSSR count). The summed E-state index contributed by atoms with van der Waals surface area (Å²) >= 11 is 0. The summed E-state index contributed by atoms with van der Waals surface area (Å²) in [4.78, 5) is 8.98. The third kappa shape index (κ3) is 4.53. The van der Waals surface area contributed by atoms with Crippen molar-refractivity contribution in [3.63, 3.8) is 0 Å². The number of rotatable bonds is 6. The molecule has 4 aromatic rings. The number of nitrogens with one attached hydrogen (secondary N) is 1. The first-order valence-electron chi connectivity index (χ1n) is 11.4. The van der Waals surface area contributed by atoms with Crippen molar-refractivity contribution in [1.82, 2.24) is 19.6 Å². The van der Waals surface area contributed by atoms with Crippen LogP contribution < -0.4 is 5.32 Å². The van der Waals surface area contributed by atoms with Crippen molar-refractivity contribution in [2.24, 2.45) is 0 Å². The molecule has 0 atom stereocenters. The Balaban J connectivity index is 1.62. The van der Waals surface area contributed by atoms with E-state index in [0.717, 1.165) is 55.0 Å². The van der Waals surface area contributed by atoms with E-state index in [0.29, 0.717) is 23.8 Å². The first kappa shape index (κ1) is 22.5. The van der Waals surface area contributed by atoms with E-state index < -0.39 is 15.4 Å². The largest absolute Gasteiger partial charge is 0.388 e. The smallest absolute Gasteiger partial charge is 0.183 e. The van der Waals surface area contributed by atoms with E-state index in [1.54, 1.807) is 10.7 Å². The second-order valence-corrected chi connectivity index (χ2v) is 11.0. The Morgan fingerprint density at radius 2 is 1.82 bits per heavy atom. The maximum absolute atomic E-state index is 12.0. The Morgan fingerprint density at radius 3 is 2.56 bits per heavy atom. The lowest BCUT2D eigenvalue weighted by molar-refractivity contribution is 0.0167. The standard InChI is InChI=1S/C25H27N5O3S/c1-34(32,33)20-14-19(15-26-16-20)23-28-24(27-17-25(31)11-6-3-7-12-25)22-21(10-13-30(22)29-23)18-8-4-2-5-9-18/h2,4-5,8-10,13-16,31H,3,6-7,11-12,17H2,1H3,(H,27,28,29). The minimum absolute atomic E-state index is 0.109. The molecule has 1 aliphatic rings. The van der Waals surface area contributed by atoms with E-state index in [1.165, 1.54) is 12.3 Å². The Bertz CT molecular complexity index is 1430. The van der Waals surface area contributed by atoms with Gasteiger partial charge in [-0.25, -0.2) is 17.9 Å². The van der Waals surface area contributed by atoms with Crippen LogP contribution in [0.3, 0.4) is 0 Å². The van der Waals surface area contributed by atoms with Crippen LogP contribution in [0.2, 0.25) is 0 Å². The van der Waals surface area contributed by atoms with Crippen LogP contribution in [0.5, 0.6) is 0 Å². The van der Waals surface area contributed by atoms with Crippen molar-refractivity contribution < 1.29 is 13.5 Å². The molecule has 1 aromatic carbocycles. The highest BCUT2D eigenvalue weighted by Crippen LogP contribution is 2.33. The fourth-order valence-corrected chi connectivity index (χ4v) is 5.09. The third-order valence-corrected chi connectivity index (χ3v) is 7.44. The molecule has 0 bridgehead atoms. The van der Waals surface area contributed by atoms with Gasteiger partial charge in [0.25, 0.3) is 0 Å². The number of nitrogens with zero attached hydrogens (tertiary/aromatic N) is 4. The van der Waals surface area contributed by atoms with Gasteiger partial charge in [-0.15, -0.1) is 5.10 Å². The van der Waals surface area contributed by atoms with Crippen LogP contribution in [0.1, 0.15) is 32.1 Å². The third-order valence-electron chi connectivity index (χ3n) is 6.36. The zero-order valence-corrected chi connectivity index (χ0v) is 19.8. The van der Waals surface area contributed by atoms with Crippen molar-refractivity contribution in [1.29, 1.82) is 0 Å². The van der Waals surface area contributed by atoms with Gasteiger partial charge in [0, 0.05) is 42.5 Å². The number of benzene rings is 1. The Kier molecular flexibility index (Phi) is 5.83. The number of pyridine rings is 1. The molecule has 0 aliphatic heterocycles. The van der Waals surface area contributed by atoms with E-state index in [1.807, 2.05) is 42.6 Å². The van der Waals surface area contributed by atoms with Crippen LogP contribution in [0.25, 0.3) is 28.0 Å². The molecule has 2 N–H and O–H groups in total. The predicted molar refractivity (Wildman–Crippen MR) is 131 cm³/mol. The molecule has 1 aliphatic carbocycles. The van der Waals surface area contributed by atoms with Gasteiger partial charge in [-0.3, -0.25) is 4.98 Å². The van der Waals surface area contributed by atoms with E-state index in [2.05, 4.69) is 15.4 Å². The SMILES string of the molecule is CS(=O)(=O)c1cncc(-c2nc(NCC3(O)CCCCC3)c3c(-c4ccccc4)ccn3n2)c1. The molecular weight excluding hydrogens is 450 g/mol. The average molecular weight is 478 g/mol. The first-order chi connectivity index (χ1) is 16.3. The summed E-state index contributed by atoms with van der Waals surface area (Å²) < 4.78 is 25.8. The van der Waals surface area contributed by atoms with E-state index in [4.69, 9.17) is 4.98 Å². The van der Waals surface area contributed by atoms with E-state index in [9.17, 15) is 13.5 Å². The number of aliphatic hydroxyl groups is 1. The van der Waals surface area contributed by atoms with Gasteiger partial charge < -0.3 is 10.4 Å². The van der Waals surface area contributed by atoms with Gasteiger partial charge in [-0.2, -0.15) is 0 Å². The highest BCUT2D eigenvalue weighted by atomic mass is 32.2. The topological polar surface area (TPSA) is 109 Å². The molecule has 9 heteroatoms. The summed E-state index contributed by atoms with van der Waals surface area (Å²) in [5.41, 5.74) is 2.51. The number of aromatic nitrogens is 4. The van der Waals surface area contributed by atoms with Gasteiger partial charge in [0.1, 0.15) is 5.52 Å². The average Bonchev–Trinajstić information content (AvgIpc) is 3.27. The van der Waals surface area contributed by atoms with Crippen LogP contribution in [0, 0.1) is 0 Å². The number of anilines is 1. The van der Waals surface area contributed by atoms with Crippen molar-refractivity contribution in [3.8, 4) is 22.5 Å². The molecule has 34 heavy (non-hydrogen) atoms. The molecule has 3 heterocycles. The minimum atomic E-state index is -3.42. The summed E-state index contributed by atoms with van der Waals surface area (Å²) in [6, 6.07) is 13.5. The lowest BCUT2D eigenvalue weighted by atomic mass is 9.85. The Morgan fingerprint density at radius 1 is 1.06 bits per heavy atom. The lowest BCUT2D eigenvalue weighted by Gasteiger charge is -2.32. The fraction of sp³-hybridized carbons (Fsp3) is 0.320. The summed E-state index contributed by atoms with van der Waals surface area (Å²) in [5, 5.41) is 19.1. The van der Waals surface area contributed by atoms with Crippen molar-refractivity contribution >= 4 is 21.2 Å². The van der Waals surface area contributed by atoms with E-state index >= 15 is 0 Å². The molecule has 0 spiro atoms. The molecule has 0 radical (unpaired) electrons. The van der Waals surface area contributed by atoms with Crippen LogP contribution in [-0.2, 0) is 9.84 Å². The van der Waals surface area contributed by atoms with Crippen molar-refractivity contribution in [2.75, 3.05) is 18.1 Å². The predicted octanol–water partition coefficient (Wildman–Crippen LogP) is 3.97. The molecule has 176 valence electrons. The van der Waals surface area contributed by atoms with Crippen LogP contribution in [0.15, 0.2) is 66.0 Å². The number of hydrogen-bond donors (Lipinski definition) is 2. The molecule has 0 unspecified atom stereocenters. The number of fused-ring (bicyclic) bond motifs is 1. The Labute approximate surface area is 198 Å². The van der Waals surface area contributed by atoms with Gasteiger partial charge in [-0.1, -0.05) is 49.6 Å². The highest BCUT2D eigenvalue weighted by Gasteiger charge is 2.29. The maximum atomic E-state index is 12.0. The van der Waals surface area contributed by atoms with Crippen LogP contribution >= 0.6 is 0 Å². The van der Waals surface area contributed by atoms with Gasteiger partial charge in [0.05, 0.1) is 10.5 Å². The van der Waals surface area contributed by atoms with Crippen LogP contribution in [0.4, 0.5) is 5.82 Å². The monoisotopic (exact) mass is 477 g/mol. The highest BCUT2D eigenvalue weighted by molar-refractivity contribution is 7.90. The second kappa shape index (κ2) is 8.81. The first-order valence-corrected chi connectivity index (χ1v) is 13.3. The summed E-state index contributed by atoms with van der Waals surface area (Å²) in [5.74, 6) is 0.927. The molecule has 1 fully saturated rings. The number of sulfone groups is 1.